The van der Waals surface area contributed by atoms with Crippen LogP contribution in [0.3, 0.4) is 0 Å². The lowest BCUT2D eigenvalue weighted by molar-refractivity contribution is 0.134. The predicted molar refractivity (Wildman–Crippen MR) is 61.7 cm³/mol. The van der Waals surface area contributed by atoms with Crippen LogP contribution in [0.15, 0.2) is 0 Å². The van der Waals surface area contributed by atoms with E-state index in [-0.39, 0.29) is 0 Å². The molecular formula is C11H19I. The van der Waals surface area contributed by atoms with Crippen LogP contribution in [0.2, 0.25) is 0 Å². The molecule has 2 saturated carbocycles. The summed E-state index contributed by atoms with van der Waals surface area (Å²) in [6.45, 7) is 9.92. The maximum atomic E-state index is 2.70. The van der Waals surface area contributed by atoms with Crippen molar-refractivity contribution < 1.29 is 0 Å². The molecule has 3 unspecified atom stereocenters. The van der Waals surface area contributed by atoms with E-state index in [0.29, 0.717) is 14.3 Å². The number of hydrogen-bond donors (Lipinski definition) is 0. The van der Waals surface area contributed by atoms with Crippen molar-refractivity contribution in [2.24, 2.45) is 16.7 Å². The fourth-order valence-electron chi connectivity index (χ4n) is 3.57. The van der Waals surface area contributed by atoms with Gasteiger partial charge in [0, 0.05) is 3.42 Å². The molecule has 2 aliphatic rings. The molecule has 0 aromatic rings. The Morgan fingerprint density at radius 2 is 1.75 bits per heavy atom. The van der Waals surface area contributed by atoms with Crippen molar-refractivity contribution in [2.75, 3.05) is 0 Å². The van der Waals surface area contributed by atoms with E-state index in [9.17, 15) is 0 Å². The summed E-state index contributed by atoms with van der Waals surface area (Å²) in [5, 5.41) is 0. The summed E-state index contributed by atoms with van der Waals surface area (Å²) in [4.78, 5) is 0. The van der Waals surface area contributed by atoms with E-state index in [2.05, 4.69) is 50.3 Å². The Morgan fingerprint density at radius 1 is 1.17 bits per heavy atom. The quantitative estimate of drug-likeness (QED) is 0.463. The largest absolute Gasteiger partial charge is 0.0785 e. The molecule has 70 valence electrons. The molecule has 0 heterocycles. The monoisotopic (exact) mass is 278 g/mol. The van der Waals surface area contributed by atoms with Crippen molar-refractivity contribution in [2.45, 2.75) is 50.4 Å². The maximum absolute atomic E-state index is 2.70. The highest BCUT2D eigenvalue weighted by molar-refractivity contribution is 14.1. The summed E-state index contributed by atoms with van der Waals surface area (Å²) in [6.07, 6.45) is 4.36. The van der Waals surface area contributed by atoms with Crippen molar-refractivity contribution in [3.8, 4) is 0 Å². The van der Waals surface area contributed by atoms with Gasteiger partial charge in [0.05, 0.1) is 0 Å². The second-order valence-corrected chi connectivity index (χ2v) is 8.07. The molecule has 0 aromatic carbocycles. The third-order valence-corrected chi connectivity index (χ3v) is 6.85. The molecule has 2 fully saturated rings. The predicted octanol–water partition coefficient (Wildman–Crippen LogP) is 4.03. The Balaban J connectivity index is 2.47. The van der Waals surface area contributed by atoms with Crippen LogP contribution in [-0.4, -0.2) is 3.42 Å². The zero-order valence-corrected chi connectivity index (χ0v) is 10.7. The van der Waals surface area contributed by atoms with Gasteiger partial charge in [0.25, 0.3) is 0 Å². The molecule has 3 atom stereocenters. The molecule has 0 N–H and O–H groups in total. The highest BCUT2D eigenvalue weighted by atomic mass is 127. The molecule has 1 heteroatoms. The van der Waals surface area contributed by atoms with Crippen LogP contribution >= 0.6 is 22.6 Å². The Hall–Kier alpha value is 0.730. The van der Waals surface area contributed by atoms with Gasteiger partial charge in [-0.3, -0.25) is 0 Å². The number of rotatable bonds is 0. The standard InChI is InChI=1S/C11H19I/c1-9(2)8-5-6-10(9,3)11(4,12)7-8/h8H,5-7H2,1-4H3. The van der Waals surface area contributed by atoms with Gasteiger partial charge in [-0.1, -0.05) is 43.4 Å². The van der Waals surface area contributed by atoms with Gasteiger partial charge in [-0.15, -0.1) is 0 Å². The Bertz CT molecular complexity index is 217. The highest BCUT2D eigenvalue weighted by Crippen LogP contribution is 2.72. The fourth-order valence-corrected chi connectivity index (χ4v) is 5.07. The Kier molecular flexibility index (Phi) is 1.71. The number of hydrogen-bond acceptors (Lipinski definition) is 0. The zero-order chi connectivity index (χ0) is 9.20. The maximum Gasteiger partial charge on any atom is 0.0255 e. The summed E-state index contributed by atoms with van der Waals surface area (Å²) in [7, 11) is 0. The molecule has 0 radical (unpaired) electrons. The van der Waals surface area contributed by atoms with Gasteiger partial charge >= 0.3 is 0 Å². The summed E-state index contributed by atoms with van der Waals surface area (Å²) in [5.74, 6) is 0.990. The van der Waals surface area contributed by atoms with E-state index in [0.717, 1.165) is 5.92 Å². The van der Waals surface area contributed by atoms with Gasteiger partial charge < -0.3 is 0 Å². The third-order valence-electron chi connectivity index (χ3n) is 5.22. The smallest absolute Gasteiger partial charge is 0.0255 e. The Morgan fingerprint density at radius 3 is 1.92 bits per heavy atom. The molecule has 2 rings (SSSR count). The average molecular weight is 278 g/mol. The normalized spacial score (nSPS) is 56.2. The SMILES string of the molecule is CC1(I)CC2CCC1(C)C2(C)C. The second kappa shape index (κ2) is 2.21. The molecule has 0 amide bonds. The molecule has 2 bridgehead atoms. The van der Waals surface area contributed by atoms with Crippen LogP contribution in [0, 0.1) is 16.7 Å². The topological polar surface area (TPSA) is 0 Å². The van der Waals surface area contributed by atoms with Gasteiger partial charge in [-0.25, -0.2) is 0 Å². The van der Waals surface area contributed by atoms with Gasteiger partial charge in [-0.2, -0.15) is 0 Å². The van der Waals surface area contributed by atoms with Gasteiger partial charge in [0.2, 0.25) is 0 Å². The van der Waals surface area contributed by atoms with Crippen LogP contribution in [-0.2, 0) is 0 Å². The summed E-state index contributed by atoms with van der Waals surface area (Å²) in [5.41, 5.74) is 1.17. The summed E-state index contributed by atoms with van der Waals surface area (Å²) in [6, 6.07) is 0. The van der Waals surface area contributed by atoms with Crippen LogP contribution in [0.4, 0.5) is 0 Å². The first-order valence-corrected chi connectivity index (χ1v) is 6.08. The molecule has 0 saturated heterocycles. The first kappa shape index (κ1) is 9.29. The van der Waals surface area contributed by atoms with Crippen LogP contribution in [0.25, 0.3) is 0 Å². The minimum absolute atomic E-state index is 0.553. The van der Waals surface area contributed by atoms with Crippen molar-refractivity contribution in [3.63, 3.8) is 0 Å². The van der Waals surface area contributed by atoms with E-state index < -0.39 is 0 Å². The average Bonchev–Trinajstić information content (AvgIpc) is 2.18. The van der Waals surface area contributed by atoms with Crippen LogP contribution < -0.4 is 0 Å². The van der Waals surface area contributed by atoms with E-state index in [1.54, 1.807) is 0 Å². The lowest BCUT2D eigenvalue weighted by Crippen LogP contribution is -2.40. The molecule has 0 aliphatic heterocycles. The summed E-state index contributed by atoms with van der Waals surface area (Å²) < 4.78 is 0.553. The highest BCUT2D eigenvalue weighted by Gasteiger charge is 2.65. The molecule has 0 spiro atoms. The van der Waals surface area contributed by atoms with Gasteiger partial charge in [0.15, 0.2) is 0 Å². The first-order chi connectivity index (χ1) is 5.31. The lowest BCUT2D eigenvalue weighted by atomic mass is 9.67. The van der Waals surface area contributed by atoms with Crippen molar-refractivity contribution in [3.05, 3.63) is 0 Å². The molecule has 0 aromatic heterocycles. The van der Waals surface area contributed by atoms with Crippen molar-refractivity contribution in [1.82, 2.24) is 0 Å². The Labute approximate surface area is 89.6 Å². The van der Waals surface area contributed by atoms with Crippen molar-refractivity contribution in [1.29, 1.82) is 0 Å². The molecule has 12 heavy (non-hydrogen) atoms. The van der Waals surface area contributed by atoms with E-state index >= 15 is 0 Å². The number of fused-ring (bicyclic) bond motifs is 2. The fraction of sp³-hybridized carbons (Fsp3) is 1.00. The van der Waals surface area contributed by atoms with Gasteiger partial charge in [-0.05, 0) is 42.9 Å². The second-order valence-electron chi connectivity index (χ2n) is 5.69. The van der Waals surface area contributed by atoms with Gasteiger partial charge in [0.1, 0.15) is 0 Å². The molecule has 2 aliphatic carbocycles. The number of halogens is 1. The minimum Gasteiger partial charge on any atom is -0.0785 e. The van der Waals surface area contributed by atoms with Crippen molar-refractivity contribution >= 4 is 22.6 Å². The van der Waals surface area contributed by atoms with Crippen LogP contribution in [0.1, 0.15) is 47.0 Å². The summed E-state index contributed by atoms with van der Waals surface area (Å²) >= 11 is 2.70. The molecular weight excluding hydrogens is 259 g/mol. The zero-order valence-electron chi connectivity index (χ0n) is 8.58. The van der Waals surface area contributed by atoms with E-state index in [1.165, 1.54) is 19.3 Å². The van der Waals surface area contributed by atoms with Crippen LogP contribution in [0.5, 0.6) is 0 Å². The number of alkyl halides is 1. The minimum atomic E-state index is 0.553. The molecule has 0 nitrogen and oxygen atoms in total. The van der Waals surface area contributed by atoms with E-state index in [4.69, 9.17) is 0 Å². The lowest BCUT2D eigenvalue weighted by Gasteiger charge is -2.43. The third kappa shape index (κ3) is 0.796. The van der Waals surface area contributed by atoms with E-state index in [1.807, 2.05) is 0 Å². The first-order valence-electron chi connectivity index (χ1n) is 5.00.